The van der Waals surface area contributed by atoms with E-state index >= 15 is 0 Å². The van der Waals surface area contributed by atoms with Gasteiger partial charge in [-0.3, -0.25) is 4.79 Å². The van der Waals surface area contributed by atoms with Crippen molar-refractivity contribution >= 4 is 15.9 Å². The van der Waals surface area contributed by atoms with E-state index < -0.39 is 10.0 Å². The quantitative estimate of drug-likeness (QED) is 0.731. The Hall–Kier alpha value is -2.38. The molecule has 6 nitrogen and oxygen atoms in total. The van der Waals surface area contributed by atoms with Crippen LogP contribution in [0.25, 0.3) is 0 Å². The molecule has 0 N–H and O–H groups in total. The van der Waals surface area contributed by atoms with Crippen LogP contribution in [0.2, 0.25) is 0 Å². The topological polar surface area (TPSA) is 66.9 Å². The van der Waals surface area contributed by atoms with E-state index in [1.807, 2.05) is 30.3 Å². The predicted molar refractivity (Wildman–Crippen MR) is 103 cm³/mol. The molecule has 0 saturated carbocycles. The van der Waals surface area contributed by atoms with Gasteiger partial charge in [-0.15, -0.1) is 0 Å². The van der Waals surface area contributed by atoms with Crippen molar-refractivity contribution in [1.82, 2.24) is 9.21 Å². The summed E-state index contributed by atoms with van der Waals surface area (Å²) in [6.45, 7) is 1.84. The van der Waals surface area contributed by atoms with Crippen LogP contribution in [0.5, 0.6) is 5.75 Å². The van der Waals surface area contributed by atoms with E-state index in [4.69, 9.17) is 4.74 Å². The number of nitrogens with zero attached hydrogens (tertiary/aromatic N) is 2. The lowest BCUT2D eigenvalue weighted by Gasteiger charge is -2.19. The molecule has 144 valence electrons. The number of carbonyl (C=O) groups is 1. The molecule has 0 spiro atoms. The van der Waals surface area contributed by atoms with Crippen molar-refractivity contribution in [2.24, 2.45) is 0 Å². The maximum atomic E-state index is 12.7. The number of hydrogen-bond donors (Lipinski definition) is 0. The number of hydrogen-bond acceptors (Lipinski definition) is 4. The summed E-state index contributed by atoms with van der Waals surface area (Å²) in [4.78, 5) is 14.4. The second-order valence-electron chi connectivity index (χ2n) is 6.53. The molecular formula is C20H24N2O4S. The zero-order valence-corrected chi connectivity index (χ0v) is 16.2. The molecular weight excluding hydrogens is 364 g/mol. The first-order valence-corrected chi connectivity index (χ1v) is 10.5. The van der Waals surface area contributed by atoms with Crippen molar-refractivity contribution in [3.05, 3.63) is 60.2 Å². The van der Waals surface area contributed by atoms with Gasteiger partial charge in [-0.1, -0.05) is 24.3 Å². The van der Waals surface area contributed by atoms with Crippen molar-refractivity contribution in [2.45, 2.75) is 17.7 Å². The standard InChI is InChI=1S/C20H24N2O4S/c1-21(14-15-26-18-9-3-2-4-10-18)20(23)17-8-7-11-19(16-17)27(24,25)22-12-5-6-13-22/h2-4,7-11,16H,5-6,12-15H2,1H3. The highest BCUT2D eigenvalue weighted by Crippen LogP contribution is 2.22. The summed E-state index contributed by atoms with van der Waals surface area (Å²) in [6, 6.07) is 15.7. The Balaban J connectivity index is 1.64. The van der Waals surface area contributed by atoms with Gasteiger partial charge in [-0.25, -0.2) is 8.42 Å². The van der Waals surface area contributed by atoms with Gasteiger partial charge in [0, 0.05) is 25.7 Å². The first kappa shape index (κ1) is 19.4. The van der Waals surface area contributed by atoms with Crippen LogP contribution >= 0.6 is 0 Å². The molecule has 7 heteroatoms. The Labute approximate surface area is 160 Å². The summed E-state index contributed by atoms with van der Waals surface area (Å²) < 4.78 is 32.5. The van der Waals surface area contributed by atoms with Gasteiger partial charge in [0.25, 0.3) is 5.91 Å². The normalized spacial score (nSPS) is 14.9. The van der Waals surface area contributed by atoms with Gasteiger partial charge in [0.2, 0.25) is 10.0 Å². The summed E-state index contributed by atoms with van der Waals surface area (Å²) in [5.41, 5.74) is 0.359. The van der Waals surface area contributed by atoms with Crippen LogP contribution in [0.1, 0.15) is 23.2 Å². The Kier molecular flexibility index (Phi) is 6.13. The summed E-state index contributed by atoms with van der Waals surface area (Å²) in [7, 11) is -1.86. The van der Waals surface area contributed by atoms with Crippen molar-refractivity contribution in [1.29, 1.82) is 0 Å². The van der Waals surface area contributed by atoms with Crippen molar-refractivity contribution in [3.63, 3.8) is 0 Å². The lowest BCUT2D eigenvalue weighted by Crippen LogP contribution is -2.31. The Bertz CT molecular complexity index is 878. The monoisotopic (exact) mass is 388 g/mol. The molecule has 2 aromatic rings. The first-order valence-electron chi connectivity index (χ1n) is 9.02. The third kappa shape index (κ3) is 4.67. The molecule has 1 saturated heterocycles. The maximum absolute atomic E-state index is 12.7. The van der Waals surface area contributed by atoms with E-state index in [0.29, 0.717) is 31.8 Å². The molecule has 0 bridgehead atoms. The fourth-order valence-electron chi connectivity index (χ4n) is 3.01. The number of likely N-dealkylation sites (N-methyl/N-ethyl adjacent to an activating group) is 1. The van der Waals surface area contributed by atoms with Crippen LogP contribution in [0.15, 0.2) is 59.5 Å². The minimum Gasteiger partial charge on any atom is -0.492 e. The summed E-state index contributed by atoms with van der Waals surface area (Å²) in [6.07, 6.45) is 1.75. The molecule has 1 amide bonds. The molecule has 1 aliphatic heterocycles. The van der Waals surface area contributed by atoms with Crippen LogP contribution in [0, 0.1) is 0 Å². The van der Waals surface area contributed by atoms with Crippen LogP contribution < -0.4 is 4.74 Å². The van der Waals surface area contributed by atoms with Crippen molar-refractivity contribution in [2.75, 3.05) is 33.3 Å². The summed E-state index contributed by atoms with van der Waals surface area (Å²) in [5, 5.41) is 0. The maximum Gasteiger partial charge on any atom is 0.253 e. The lowest BCUT2D eigenvalue weighted by molar-refractivity contribution is 0.0773. The highest BCUT2D eigenvalue weighted by atomic mass is 32.2. The number of ether oxygens (including phenoxy) is 1. The average molecular weight is 388 g/mol. The summed E-state index contributed by atoms with van der Waals surface area (Å²) in [5.74, 6) is 0.516. The van der Waals surface area contributed by atoms with Crippen LogP contribution in [0.4, 0.5) is 0 Å². The SMILES string of the molecule is CN(CCOc1ccccc1)C(=O)c1cccc(S(=O)(=O)N2CCCC2)c1. The molecule has 1 fully saturated rings. The zero-order chi connectivity index (χ0) is 19.3. The van der Waals surface area contributed by atoms with Gasteiger partial charge < -0.3 is 9.64 Å². The minimum atomic E-state index is -3.54. The number of sulfonamides is 1. The van der Waals surface area contributed by atoms with E-state index in [0.717, 1.165) is 18.6 Å². The van der Waals surface area contributed by atoms with Crippen molar-refractivity contribution in [3.8, 4) is 5.75 Å². The van der Waals surface area contributed by atoms with Crippen LogP contribution in [0.3, 0.4) is 0 Å². The molecule has 2 aromatic carbocycles. The molecule has 1 aliphatic rings. The van der Waals surface area contributed by atoms with Crippen LogP contribution in [-0.2, 0) is 10.0 Å². The lowest BCUT2D eigenvalue weighted by atomic mass is 10.2. The van der Waals surface area contributed by atoms with E-state index in [-0.39, 0.29) is 10.8 Å². The van der Waals surface area contributed by atoms with E-state index in [2.05, 4.69) is 0 Å². The third-order valence-corrected chi connectivity index (χ3v) is 6.46. The number of carbonyl (C=O) groups excluding carboxylic acids is 1. The Morgan fingerprint density at radius 3 is 2.48 bits per heavy atom. The number of para-hydroxylation sites is 1. The van der Waals surface area contributed by atoms with Gasteiger partial charge >= 0.3 is 0 Å². The minimum absolute atomic E-state index is 0.171. The van der Waals surface area contributed by atoms with Gasteiger partial charge in [-0.2, -0.15) is 4.31 Å². The zero-order valence-electron chi connectivity index (χ0n) is 15.4. The first-order chi connectivity index (χ1) is 13.0. The predicted octanol–water partition coefficient (Wildman–Crippen LogP) is 2.62. The van der Waals surface area contributed by atoms with Gasteiger partial charge in [0.05, 0.1) is 11.4 Å². The summed E-state index contributed by atoms with van der Waals surface area (Å²) >= 11 is 0. The highest BCUT2D eigenvalue weighted by molar-refractivity contribution is 7.89. The molecule has 0 atom stereocenters. The smallest absolute Gasteiger partial charge is 0.253 e. The van der Waals surface area contributed by atoms with E-state index in [1.54, 1.807) is 25.2 Å². The van der Waals surface area contributed by atoms with E-state index in [1.165, 1.54) is 15.3 Å². The molecule has 1 heterocycles. The third-order valence-electron chi connectivity index (χ3n) is 4.57. The molecule has 0 aliphatic carbocycles. The van der Waals surface area contributed by atoms with Crippen molar-refractivity contribution < 1.29 is 17.9 Å². The second-order valence-corrected chi connectivity index (χ2v) is 8.47. The highest BCUT2D eigenvalue weighted by Gasteiger charge is 2.27. The molecule has 3 rings (SSSR count). The van der Waals surface area contributed by atoms with Gasteiger partial charge in [-0.05, 0) is 43.2 Å². The van der Waals surface area contributed by atoms with Gasteiger partial charge in [0.1, 0.15) is 12.4 Å². The van der Waals surface area contributed by atoms with E-state index in [9.17, 15) is 13.2 Å². The molecule has 0 radical (unpaired) electrons. The largest absolute Gasteiger partial charge is 0.492 e. The fourth-order valence-corrected chi connectivity index (χ4v) is 4.57. The van der Waals surface area contributed by atoms with Crippen LogP contribution in [-0.4, -0.2) is 56.8 Å². The molecule has 27 heavy (non-hydrogen) atoms. The van der Waals surface area contributed by atoms with Gasteiger partial charge in [0.15, 0.2) is 0 Å². The Morgan fingerprint density at radius 1 is 1.07 bits per heavy atom. The fraction of sp³-hybridized carbons (Fsp3) is 0.350. The number of amides is 1. The molecule has 0 unspecified atom stereocenters. The number of rotatable bonds is 7. The second kappa shape index (κ2) is 8.54. The average Bonchev–Trinajstić information content (AvgIpc) is 3.24. The number of benzene rings is 2. The Morgan fingerprint density at radius 2 is 1.78 bits per heavy atom. The molecule has 0 aromatic heterocycles.